The maximum atomic E-state index is 5.98. The third kappa shape index (κ3) is 5.14. The molecule has 134 valence electrons. The zero-order valence-corrected chi connectivity index (χ0v) is 15.6. The highest BCUT2D eigenvalue weighted by Crippen LogP contribution is 2.29. The summed E-state index contributed by atoms with van der Waals surface area (Å²) in [6.07, 6.45) is 0. The SMILES string of the molecule is COc1ccc(NC(N)=NCc2ccc(C(C)(C)C)cc2)cc1OC. The van der Waals surface area contributed by atoms with Crippen molar-refractivity contribution < 1.29 is 9.47 Å². The summed E-state index contributed by atoms with van der Waals surface area (Å²) < 4.78 is 10.5. The lowest BCUT2D eigenvalue weighted by molar-refractivity contribution is 0.355. The van der Waals surface area contributed by atoms with Crippen molar-refractivity contribution in [2.75, 3.05) is 19.5 Å². The fourth-order valence-electron chi connectivity index (χ4n) is 2.39. The maximum absolute atomic E-state index is 5.98. The van der Waals surface area contributed by atoms with Crippen LogP contribution < -0.4 is 20.5 Å². The van der Waals surface area contributed by atoms with Gasteiger partial charge in [-0.2, -0.15) is 0 Å². The molecule has 0 bridgehead atoms. The molecule has 0 saturated carbocycles. The van der Waals surface area contributed by atoms with Gasteiger partial charge in [-0.3, -0.25) is 0 Å². The topological polar surface area (TPSA) is 68.9 Å². The predicted octanol–water partition coefficient (Wildman–Crippen LogP) is 3.93. The Balaban J connectivity index is 2.02. The summed E-state index contributed by atoms with van der Waals surface area (Å²) in [6, 6.07) is 14.0. The number of aliphatic imine (C=N–C) groups is 1. The van der Waals surface area contributed by atoms with Gasteiger partial charge in [0.05, 0.1) is 20.8 Å². The predicted molar refractivity (Wildman–Crippen MR) is 104 cm³/mol. The number of rotatable bonds is 5. The van der Waals surface area contributed by atoms with Crippen LogP contribution in [0.2, 0.25) is 0 Å². The monoisotopic (exact) mass is 341 g/mol. The van der Waals surface area contributed by atoms with Crippen molar-refractivity contribution in [3.8, 4) is 11.5 Å². The third-order valence-corrected chi connectivity index (χ3v) is 3.91. The fourth-order valence-corrected chi connectivity index (χ4v) is 2.39. The van der Waals surface area contributed by atoms with E-state index in [1.807, 2.05) is 18.2 Å². The number of ether oxygens (including phenoxy) is 2. The van der Waals surface area contributed by atoms with E-state index in [-0.39, 0.29) is 5.41 Å². The molecule has 0 aliphatic carbocycles. The number of benzene rings is 2. The van der Waals surface area contributed by atoms with E-state index in [0.717, 1.165) is 11.3 Å². The number of anilines is 1. The molecule has 2 rings (SSSR count). The van der Waals surface area contributed by atoms with Crippen LogP contribution in [0.4, 0.5) is 5.69 Å². The van der Waals surface area contributed by atoms with Crippen LogP contribution in [-0.4, -0.2) is 20.2 Å². The Morgan fingerprint density at radius 3 is 2.20 bits per heavy atom. The molecule has 0 amide bonds. The average Bonchev–Trinajstić information content (AvgIpc) is 2.59. The highest BCUT2D eigenvalue weighted by atomic mass is 16.5. The Hall–Kier alpha value is -2.69. The van der Waals surface area contributed by atoms with Gasteiger partial charge in [0.1, 0.15) is 0 Å². The molecule has 5 heteroatoms. The number of nitrogens with two attached hydrogens (primary N) is 1. The zero-order valence-electron chi connectivity index (χ0n) is 15.6. The number of hydrogen-bond acceptors (Lipinski definition) is 3. The van der Waals surface area contributed by atoms with E-state index in [1.165, 1.54) is 5.56 Å². The van der Waals surface area contributed by atoms with E-state index in [0.29, 0.717) is 24.0 Å². The van der Waals surface area contributed by atoms with Gasteiger partial charge in [-0.05, 0) is 28.7 Å². The van der Waals surface area contributed by atoms with Crippen LogP contribution in [0, 0.1) is 0 Å². The van der Waals surface area contributed by atoms with Crippen molar-refractivity contribution in [2.24, 2.45) is 10.7 Å². The Kier molecular flexibility index (Phi) is 5.91. The molecule has 0 aliphatic heterocycles. The van der Waals surface area contributed by atoms with Gasteiger partial charge in [0.25, 0.3) is 0 Å². The normalized spacial score (nSPS) is 12.0. The van der Waals surface area contributed by atoms with Crippen LogP contribution >= 0.6 is 0 Å². The van der Waals surface area contributed by atoms with Crippen LogP contribution in [0.1, 0.15) is 31.9 Å². The van der Waals surface area contributed by atoms with E-state index in [2.05, 4.69) is 55.3 Å². The molecule has 0 fully saturated rings. The molecule has 0 saturated heterocycles. The quantitative estimate of drug-likeness (QED) is 0.639. The van der Waals surface area contributed by atoms with Crippen LogP contribution in [0.25, 0.3) is 0 Å². The summed E-state index contributed by atoms with van der Waals surface area (Å²) in [5, 5.41) is 3.07. The smallest absolute Gasteiger partial charge is 0.193 e. The number of nitrogens with zero attached hydrogens (tertiary/aromatic N) is 1. The van der Waals surface area contributed by atoms with Gasteiger partial charge >= 0.3 is 0 Å². The molecule has 0 radical (unpaired) electrons. The molecule has 0 heterocycles. The largest absolute Gasteiger partial charge is 0.493 e. The Morgan fingerprint density at radius 1 is 1.00 bits per heavy atom. The van der Waals surface area contributed by atoms with Crippen LogP contribution in [0.15, 0.2) is 47.5 Å². The number of nitrogens with one attached hydrogen (secondary N) is 1. The summed E-state index contributed by atoms with van der Waals surface area (Å²) in [6.45, 7) is 7.12. The van der Waals surface area contributed by atoms with Crippen LogP contribution in [0.3, 0.4) is 0 Å². The molecule has 2 aromatic carbocycles. The maximum Gasteiger partial charge on any atom is 0.193 e. The minimum absolute atomic E-state index is 0.149. The highest BCUT2D eigenvalue weighted by Gasteiger charge is 2.12. The van der Waals surface area contributed by atoms with Crippen molar-refractivity contribution in [3.05, 3.63) is 53.6 Å². The lowest BCUT2D eigenvalue weighted by Crippen LogP contribution is -2.22. The second kappa shape index (κ2) is 7.92. The van der Waals surface area contributed by atoms with Gasteiger partial charge in [-0.1, -0.05) is 45.0 Å². The molecule has 5 nitrogen and oxygen atoms in total. The molecular weight excluding hydrogens is 314 g/mol. The van der Waals surface area contributed by atoms with Gasteiger partial charge < -0.3 is 20.5 Å². The average molecular weight is 341 g/mol. The zero-order chi connectivity index (χ0) is 18.4. The minimum atomic E-state index is 0.149. The molecule has 0 spiro atoms. The van der Waals surface area contributed by atoms with Crippen LogP contribution in [-0.2, 0) is 12.0 Å². The number of guanidine groups is 1. The number of methoxy groups -OCH3 is 2. The molecule has 0 aromatic heterocycles. The summed E-state index contributed by atoms with van der Waals surface area (Å²) in [4.78, 5) is 4.39. The van der Waals surface area contributed by atoms with Crippen LogP contribution in [0.5, 0.6) is 11.5 Å². The van der Waals surface area contributed by atoms with Crippen molar-refractivity contribution >= 4 is 11.6 Å². The van der Waals surface area contributed by atoms with Gasteiger partial charge in [-0.15, -0.1) is 0 Å². The first kappa shape index (κ1) is 18.6. The van der Waals surface area contributed by atoms with Crippen molar-refractivity contribution in [1.82, 2.24) is 0 Å². The van der Waals surface area contributed by atoms with E-state index >= 15 is 0 Å². The fraction of sp³-hybridized carbons (Fsp3) is 0.350. The molecular formula is C20H27N3O2. The van der Waals surface area contributed by atoms with E-state index in [4.69, 9.17) is 15.2 Å². The van der Waals surface area contributed by atoms with E-state index in [9.17, 15) is 0 Å². The van der Waals surface area contributed by atoms with E-state index in [1.54, 1.807) is 14.2 Å². The minimum Gasteiger partial charge on any atom is -0.493 e. The molecule has 0 atom stereocenters. The van der Waals surface area contributed by atoms with E-state index < -0.39 is 0 Å². The molecule has 0 aliphatic rings. The van der Waals surface area contributed by atoms with Crippen molar-refractivity contribution in [2.45, 2.75) is 32.7 Å². The van der Waals surface area contributed by atoms with Gasteiger partial charge in [0.15, 0.2) is 17.5 Å². The van der Waals surface area contributed by atoms with Gasteiger partial charge in [-0.25, -0.2) is 4.99 Å². The first-order chi connectivity index (χ1) is 11.8. The number of hydrogen-bond donors (Lipinski definition) is 2. The summed E-state index contributed by atoms with van der Waals surface area (Å²) >= 11 is 0. The highest BCUT2D eigenvalue weighted by molar-refractivity contribution is 5.92. The summed E-state index contributed by atoms with van der Waals surface area (Å²) in [5.41, 5.74) is 9.34. The second-order valence-electron chi connectivity index (χ2n) is 6.84. The Labute approximate surface area is 149 Å². The summed E-state index contributed by atoms with van der Waals surface area (Å²) in [5.74, 6) is 1.66. The molecule has 2 aromatic rings. The Morgan fingerprint density at radius 2 is 1.64 bits per heavy atom. The lowest BCUT2D eigenvalue weighted by atomic mass is 9.87. The molecule has 0 unspecified atom stereocenters. The summed E-state index contributed by atoms with van der Waals surface area (Å²) in [7, 11) is 3.20. The molecule has 25 heavy (non-hydrogen) atoms. The first-order valence-electron chi connectivity index (χ1n) is 8.22. The van der Waals surface area contributed by atoms with Gasteiger partial charge in [0, 0.05) is 11.8 Å². The van der Waals surface area contributed by atoms with Crippen molar-refractivity contribution in [1.29, 1.82) is 0 Å². The standard InChI is InChI=1S/C20H27N3O2/c1-20(2,3)15-8-6-14(7-9-15)13-22-19(21)23-16-10-11-17(24-4)18(12-16)25-5/h6-12H,13H2,1-5H3,(H3,21,22,23). The second-order valence-corrected chi connectivity index (χ2v) is 6.84. The third-order valence-electron chi connectivity index (χ3n) is 3.91. The lowest BCUT2D eigenvalue weighted by Gasteiger charge is -2.19. The van der Waals surface area contributed by atoms with Crippen molar-refractivity contribution in [3.63, 3.8) is 0 Å². The Bertz CT molecular complexity index is 732. The molecule has 3 N–H and O–H groups in total. The first-order valence-corrected chi connectivity index (χ1v) is 8.22. The van der Waals surface area contributed by atoms with Gasteiger partial charge in [0.2, 0.25) is 0 Å².